The van der Waals surface area contributed by atoms with Crippen molar-refractivity contribution in [2.24, 2.45) is 0 Å². The Morgan fingerprint density at radius 2 is 1.95 bits per heavy atom. The summed E-state index contributed by atoms with van der Waals surface area (Å²) in [4.78, 5) is 3.66. The van der Waals surface area contributed by atoms with E-state index >= 15 is 0 Å². The van der Waals surface area contributed by atoms with Gasteiger partial charge in [-0.15, -0.1) is 0 Å². The molecule has 0 fully saturated rings. The second kappa shape index (κ2) is 7.00. The summed E-state index contributed by atoms with van der Waals surface area (Å²) >= 11 is 5.87. The first-order chi connectivity index (χ1) is 10.0. The van der Waals surface area contributed by atoms with Crippen molar-refractivity contribution >= 4 is 21.6 Å². The molecule has 0 amide bonds. The standard InChI is InChI=1S/C14H15ClN2O3S/c15-13-6-7-16-9-14(13)21(19,20)17-12(10-18)8-11-4-2-1-3-5-11/h1-7,9,12,17-18H,8,10H2/t12-/m0/s1. The van der Waals surface area contributed by atoms with Gasteiger partial charge in [-0.05, 0) is 18.1 Å². The van der Waals surface area contributed by atoms with Gasteiger partial charge in [0.2, 0.25) is 10.0 Å². The van der Waals surface area contributed by atoms with Gasteiger partial charge in [-0.1, -0.05) is 41.9 Å². The number of pyridine rings is 1. The Labute approximate surface area is 128 Å². The molecule has 0 aliphatic rings. The quantitative estimate of drug-likeness (QED) is 0.845. The molecule has 1 aromatic carbocycles. The molecule has 0 spiro atoms. The third-order valence-electron chi connectivity index (χ3n) is 2.89. The zero-order valence-electron chi connectivity index (χ0n) is 11.1. The molecule has 1 heterocycles. The number of sulfonamides is 1. The largest absolute Gasteiger partial charge is 0.395 e. The second-order valence-electron chi connectivity index (χ2n) is 4.50. The van der Waals surface area contributed by atoms with Gasteiger partial charge < -0.3 is 5.11 Å². The Balaban J connectivity index is 2.16. The van der Waals surface area contributed by atoms with Crippen molar-refractivity contribution in [3.8, 4) is 0 Å². The molecule has 2 rings (SSSR count). The van der Waals surface area contributed by atoms with Crippen LogP contribution in [0.3, 0.4) is 0 Å². The lowest BCUT2D eigenvalue weighted by Gasteiger charge is -2.17. The smallest absolute Gasteiger partial charge is 0.243 e. The van der Waals surface area contributed by atoms with Gasteiger partial charge in [0.25, 0.3) is 0 Å². The van der Waals surface area contributed by atoms with Crippen molar-refractivity contribution in [3.05, 3.63) is 59.4 Å². The van der Waals surface area contributed by atoms with Crippen LogP contribution < -0.4 is 4.72 Å². The van der Waals surface area contributed by atoms with E-state index in [-0.39, 0.29) is 16.5 Å². The molecule has 0 aliphatic carbocycles. The SMILES string of the molecule is O=S(=O)(N[C@H](CO)Cc1ccccc1)c1cnccc1Cl. The van der Waals surface area contributed by atoms with E-state index < -0.39 is 16.1 Å². The number of nitrogens with one attached hydrogen (secondary N) is 1. The second-order valence-corrected chi connectivity index (χ2v) is 6.59. The number of hydrogen-bond donors (Lipinski definition) is 2. The van der Waals surface area contributed by atoms with Crippen LogP contribution in [0.4, 0.5) is 0 Å². The molecule has 1 atom stereocenters. The van der Waals surface area contributed by atoms with Crippen molar-refractivity contribution in [1.29, 1.82) is 0 Å². The molecule has 0 saturated heterocycles. The molecular formula is C14H15ClN2O3S. The van der Waals surface area contributed by atoms with Crippen LogP contribution in [-0.4, -0.2) is 31.2 Å². The molecule has 112 valence electrons. The zero-order chi connectivity index (χ0) is 15.3. The van der Waals surface area contributed by atoms with Crippen LogP contribution in [0, 0.1) is 0 Å². The van der Waals surface area contributed by atoms with E-state index in [1.165, 1.54) is 18.5 Å². The van der Waals surface area contributed by atoms with Crippen molar-refractivity contribution in [2.45, 2.75) is 17.4 Å². The van der Waals surface area contributed by atoms with E-state index in [2.05, 4.69) is 9.71 Å². The summed E-state index contributed by atoms with van der Waals surface area (Å²) in [5, 5.41) is 9.48. The Hall–Kier alpha value is -1.47. The van der Waals surface area contributed by atoms with Gasteiger partial charge in [0, 0.05) is 18.4 Å². The number of halogens is 1. The zero-order valence-corrected chi connectivity index (χ0v) is 12.7. The fraction of sp³-hybridized carbons (Fsp3) is 0.214. The average Bonchev–Trinajstić information content (AvgIpc) is 2.47. The summed E-state index contributed by atoms with van der Waals surface area (Å²) in [5.41, 5.74) is 0.927. The highest BCUT2D eigenvalue weighted by Gasteiger charge is 2.22. The number of benzene rings is 1. The molecule has 0 bridgehead atoms. The predicted molar refractivity (Wildman–Crippen MR) is 80.6 cm³/mol. The molecule has 0 saturated carbocycles. The van der Waals surface area contributed by atoms with Crippen molar-refractivity contribution in [2.75, 3.05) is 6.61 Å². The highest BCUT2D eigenvalue weighted by atomic mass is 35.5. The van der Waals surface area contributed by atoms with Crippen molar-refractivity contribution in [3.63, 3.8) is 0 Å². The predicted octanol–water partition coefficient (Wildman–Crippen LogP) is 1.62. The number of aliphatic hydroxyl groups excluding tert-OH is 1. The lowest BCUT2D eigenvalue weighted by Crippen LogP contribution is -2.39. The van der Waals surface area contributed by atoms with Crippen LogP contribution in [-0.2, 0) is 16.4 Å². The minimum absolute atomic E-state index is 0.0916. The topological polar surface area (TPSA) is 79.3 Å². The number of nitrogens with zero attached hydrogens (tertiary/aromatic N) is 1. The molecule has 0 aliphatic heterocycles. The first-order valence-electron chi connectivity index (χ1n) is 6.29. The number of aliphatic hydroxyl groups is 1. The Morgan fingerprint density at radius 1 is 1.24 bits per heavy atom. The summed E-state index contributed by atoms with van der Waals surface area (Å²) in [7, 11) is -3.83. The van der Waals surface area contributed by atoms with Crippen LogP contribution in [0.1, 0.15) is 5.56 Å². The summed E-state index contributed by atoms with van der Waals surface area (Å²) in [6.45, 7) is -0.313. The summed E-state index contributed by atoms with van der Waals surface area (Å²) < 4.78 is 27.0. The molecule has 2 N–H and O–H groups in total. The van der Waals surface area contributed by atoms with Gasteiger partial charge in [0.1, 0.15) is 4.90 Å². The lowest BCUT2D eigenvalue weighted by atomic mass is 10.1. The first kappa shape index (κ1) is 15.9. The van der Waals surface area contributed by atoms with E-state index in [0.29, 0.717) is 6.42 Å². The van der Waals surface area contributed by atoms with Crippen molar-refractivity contribution < 1.29 is 13.5 Å². The van der Waals surface area contributed by atoms with E-state index in [1.54, 1.807) is 0 Å². The maximum Gasteiger partial charge on any atom is 0.243 e. The van der Waals surface area contributed by atoms with Crippen molar-refractivity contribution in [1.82, 2.24) is 9.71 Å². The third-order valence-corrected chi connectivity index (χ3v) is 4.88. The van der Waals surface area contributed by atoms with E-state index in [4.69, 9.17) is 11.6 Å². The maximum absolute atomic E-state index is 12.3. The highest BCUT2D eigenvalue weighted by Crippen LogP contribution is 2.19. The third kappa shape index (κ3) is 4.25. The van der Waals surface area contributed by atoms with Gasteiger partial charge in [0.05, 0.1) is 11.6 Å². The molecule has 1 aromatic heterocycles. The van der Waals surface area contributed by atoms with Gasteiger partial charge >= 0.3 is 0 Å². The van der Waals surface area contributed by atoms with Gasteiger partial charge in [-0.25, -0.2) is 13.1 Å². The first-order valence-corrected chi connectivity index (χ1v) is 8.15. The Bertz CT molecular complexity index is 692. The monoisotopic (exact) mass is 326 g/mol. The summed E-state index contributed by atoms with van der Waals surface area (Å²) in [5.74, 6) is 0. The Kier molecular flexibility index (Phi) is 5.30. The molecule has 2 aromatic rings. The fourth-order valence-corrected chi connectivity index (χ4v) is 3.54. The van der Waals surface area contributed by atoms with Gasteiger partial charge in [-0.3, -0.25) is 4.98 Å². The normalized spacial score (nSPS) is 13.0. The minimum atomic E-state index is -3.83. The van der Waals surface area contributed by atoms with E-state index in [0.717, 1.165) is 5.56 Å². The fourth-order valence-electron chi connectivity index (χ4n) is 1.89. The summed E-state index contributed by atoms with van der Waals surface area (Å²) in [6.07, 6.45) is 2.98. The number of rotatable bonds is 6. The summed E-state index contributed by atoms with van der Waals surface area (Å²) in [6, 6.07) is 10.1. The molecular weight excluding hydrogens is 312 g/mol. The molecule has 7 heteroatoms. The van der Waals surface area contributed by atoms with Gasteiger partial charge in [0.15, 0.2) is 0 Å². The van der Waals surface area contributed by atoms with Crippen LogP contribution in [0.2, 0.25) is 5.02 Å². The van der Waals surface area contributed by atoms with Gasteiger partial charge in [-0.2, -0.15) is 0 Å². The number of aromatic nitrogens is 1. The highest BCUT2D eigenvalue weighted by molar-refractivity contribution is 7.89. The number of hydrogen-bond acceptors (Lipinski definition) is 4. The van der Waals surface area contributed by atoms with Crippen LogP contribution in [0.15, 0.2) is 53.7 Å². The van der Waals surface area contributed by atoms with Crippen LogP contribution in [0.5, 0.6) is 0 Å². The molecule has 0 unspecified atom stereocenters. The van der Waals surface area contributed by atoms with Crippen LogP contribution >= 0.6 is 11.6 Å². The molecule has 0 radical (unpaired) electrons. The van der Waals surface area contributed by atoms with Crippen LogP contribution in [0.25, 0.3) is 0 Å². The lowest BCUT2D eigenvalue weighted by molar-refractivity contribution is 0.256. The molecule has 21 heavy (non-hydrogen) atoms. The average molecular weight is 327 g/mol. The Morgan fingerprint density at radius 3 is 2.57 bits per heavy atom. The van der Waals surface area contributed by atoms with E-state index in [9.17, 15) is 13.5 Å². The minimum Gasteiger partial charge on any atom is -0.395 e. The maximum atomic E-state index is 12.3. The molecule has 5 nitrogen and oxygen atoms in total. The van der Waals surface area contributed by atoms with E-state index in [1.807, 2.05) is 30.3 Å².